The molecule has 0 amide bonds. The third-order valence-corrected chi connectivity index (χ3v) is 5.72. The molecule has 1 atom stereocenters. The Balaban J connectivity index is 2.09. The van der Waals surface area contributed by atoms with Gasteiger partial charge in [-0.3, -0.25) is 0 Å². The monoisotopic (exact) mass is 401 g/mol. The van der Waals surface area contributed by atoms with E-state index < -0.39 is 0 Å². The van der Waals surface area contributed by atoms with Crippen LogP contribution >= 0.6 is 43.2 Å². The summed E-state index contributed by atoms with van der Waals surface area (Å²) in [5, 5.41) is 3.39. The number of ether oxygens (including phenoxy) is 1. The van der Waals surface area contributed by atoms with Gasteiger partial charge in [-0.05, 0) is 56.1 Å². The molecule has 100 valence electrons. The summed E-state index contributed by atoms with van der Waals surface area (Å²) < 4.78 is 8.09. The highest BCUT2D eigenvalue weighted by molar-refractivity contribution is 9.12. The summed E-state index contributed by atoms with van der Waals surface area (Å²) in [5.41, 5.74) is 3.76. The van der Waals surface area contributed by atoms with Gasteiger partial charge in [0.15, 0.2) is 0 Å². The molecule has 0 radical (unpaired) electrons. The van der Waals surface area contributed by atoms with Crippen LogP contribution in [0.2, 0.25) is 0 Å². The zero-order valence-electron chi connectivity index (χ0n) is 10.4. The molecular formula is C14H13Br2NOS. The second-order valence-electron chi connectivity index (χ2n) is 4.44. The lowest BCUT2D eigenvalue weighted by atomic mass is 9.98. The van der Waals surface area contributed by atoms with E-state index >= 15 is 0 Å². The van der Waals surface area contributed by atoms with E-state index in [-0.39, 0.29) is 6.04 Å². The molecule has 0 spiro atoms. The number of benzene rings is 1. The van der Waals surface area contributed by atoms with Gasteiger partial charge < -0.3 is 10.1 Å². The molecule has 0 bridgehead atoms. The number of halogens is 2. The summed E-state index contributed by atoms with van der Waals surface area (Å²) in [6.45, 7) is 0.789. The van der Waals surface area contributed by atoms with Crippen LogP contribution in [0.25, 0.3) is 0 Å². The average Bonchev–Trinajstić information content (AvgIpc) is 2.98. The minimum atomic E-state index is 0.143. The molecule has 1 N–H and O–H groups in total. The molecule has 1 aromatic heterocycles. The van der Waals surface area contributed by atoms with Crippen LogP contribution in [0.5, 0.6) is 5.75 Å². The van der Waals surface area contributed by atoms with Gasteiger partial charge in [-0.15, -0.1) is 11.3 Å². The number of para-hydroxylation sites is 1. The van der Waals surface area contributed by atoms with Crippen molar-refractivity contribution in [2.75, 3.05) is 13.7 Å². The molecule has 0 saturated heterocycles. The lowest BCUT2D eigenvalue weighted by Gasteiger charge is -2.19. The van der Waals surface area contributed by atoms with Crippen molar-refractivity contribution in [1.29, 1.82) is 0 Å². The lowest BCUT2D eigenvalue weighted by Crippen LogP contribution is -2.18. The predicted molar refractivity (Wildman–Crippen MR) is 86.3 cm³/mol. The van der Waals surface area contributed by atoms with Crippen molar-refractivity contribution >= 4 is 43.2 Å². The maximum absolute atomic E-state index is 5.82. The molecular weight excluding hydrogens is 390 g/mol. The van der Waals surface area contributed by atoms with Crippen LogP contribution < -0.4 is 10.1 Å². The highest BCUT2D eigenvalue weighted by Crippen LogP contribution is 2.41. The summed E-state index contributed by atoms with van der Waals surface area (Å²) in [6.07, 6.45) is 1.01. The summed E-state index contributed by atoms with van der Waals surface area (Å²) in [5.74, 6) is 1.05. The Bertz CT molecular complexity index is 611. The van der Waals surface area contributed by atoms with Gasteiger partial charge in [0, 0.05) is 12.0 Å². The fraction of sp³-hybridized carbons (Fsp3) is 0.286. The van der Waals surface area contributed by atoms with Crippen molar-refractivity contribution in [1.82, 2.24) is 5.32 Å². The minimum absolute atomic E-state index is 0.143. The largest absolute Gasteiger partial charge is 0.493 e. The Kier molecular flexibility index (Phi) is 3.98. The molecule has 5 heteroatoms. The van der Waals surface area contributed by atoms with Crippen LogP contribution in [0.1, 0.15) is 22.7 Å². The molecule has 0 saturated carbocycles. The number of rotatable bonds is 3. The zero-order valence-corrected chi connectivity index (χ0v) is 14.4. The molecule has 1 aliphatic rings. The molecule has 1 unspecified atom stereocenters. The van der Waals surface area contributed by atoms with Crippen LogP contribution in [0.15, 0.2) is 31.8 Å². The van der Waals surface area contributed by atoms with Gasteiger partial charge in [0.05, 0.1) is 20.2 Å². The summed E-state index contributed by atoms with van der Waals surface area (Å²) >= 11 is 8.88. The molecule has 2 aromatic rings. The van der Waals surface area contributed by atoms with Gasteiger partial charge in [-0.25, -0.2) is 0 Å². The first-order chi connectivity index (χ1) is 9.20. The maximum atomic E-state index is 5.82. The quantitative estimate of drug-likeness (QED) is 0.814. The number of hydrogen-bond acceptors (Lipinski definition) is 3. The topological polar surface area (TPSA) is 21.3 Å². The van der Waals surface area contributed by atoms with Crippen LogP contribution in [0, 0.1) is 0 Å². The van der Waals surface area contributed by atoms with Gasteiger partial charge in [0.1, 0.15) is 5.75 Å². The summed E-state index contributed by atoms with van der Waals surface area (Å²) in [6, 6.07) is 8.71. The standard InChI is InChI=1S/C14H13Br2NOS/c1-17-12(10-7-11(15)19-14(10)16)9-4-2-3-8-5-6-18-13(8)9/h2-4,7,12,17H,5-6H2,1H3. The molecule has 0 aliphatic carbocycles. The normalized spacial score (nSPS) is 15.1. The van der Waals surface area contributed by atoms with E-state index in [1.807, 2.05) is 7.05 Å². The maximum Gasteiger partial charge on any atom is 0.127 e. The fourth-order valence-corrected chi connectivity index (χ4v) is 5.40. The number of hydrogen-bond donors (Lipinski definition) is 1. The molecule has 1 aromatic carbocycles. The molecule has 3 rings (SSSR count). The average molecular weight is 403 g/mol. The van der Waals surface area contributed by atoms with Crippen molar-refractivity contribution in [3.8, 4) is 5.75 Å². The highest BCUT2D eigenvalue weighted by atomic mass is 79.9. The van der Waals surface area contributed by atoms with Gasteiger partial charge in [-0.2, -0.15) is 0 Å². The highest BCUT2D eigenvalue weighted by Gasteiger charge is 2.24. The molecule has 2 heterocycles. The van der Waals surface area contributed by atoms with Gasteiger partial charge in [-0.1, -0.05) is 18.2 Å². The Morgan fingerprint density at radius 1 is 1.32 bits per heavy atom. The van der Waals surface area contributed by atoms with Crippen molar-refractivity contribution in [2.45, 2.75) is 12.5 Å². The number of nitrogens with one attached hydrogen (secondary N) is 1. The molecule has 1 aliphatic heterocycles. The van der Waals surface area contributed by atoms with E-state index in [0.717, 1.165) is 26.4 Å². The Labute approximate surface area is 133 Å². The van der Waals surface area contributed by atoms with Crippen LogP contribution in [-0.2, 0) is 6.42 Å². The summed E-state index contributed by atoms with van der Waals surface area (Å²) in [4.78, 5) is 0. The van der Waals surface area contributed by atoms with Gasteiger partial charge in [0.2, 0.25) is 0 Å². The van der Waals surface area contributed by atoms with E-state index in [4.69, 9.17) is 4.74 Å². The SMILES string of the molecule is CNC(c1cc(Br)sc1Br)c1cccc2c1OCC2. The van der Waals surface area contributed by atoms with Gasteiger partial charge in [0.25, 0.3) is 0 Å². The van der Waals surface area contributed by atoms with E-state index in [1.54, 1.807) is 11.3 Å². The number of thiophene rings is 1. The first-order valence-electron chi connectivity index (χ1n) is 6.07. The minimum Gasteiger partial charge on any atom is -0.493 e. The number of fused-ring (bicyclic) bond motifs is 1. The third-order valence-electron chi connectivity index (χ3n) is 3.34. The fourth-order valence-electron chi connectivity index (χ4n) is 2.50. The van der Waals surface area contributed by atoms with E-state index in [2.05, 4.69) is 61.4 Å². The van der Waals surface area contributed by atoms with E-state index in [0.29, 0.717) is 0 Å². The van der Waals surface area contributed by atoms with E-state index in [9.17, 15) is 0 Å². The second-order valence-corrected chi connectivity index (χ2v) is 8.18. The third kappa shape index (κ3) is 2.49. The van der Waals surface area contributed by atoms with Crippen LogP contribution in [-0.4, -0.2) is 13.7 Å². The Morgan fingerprint density at radius 3 is 2.84 bits per heavy atom. The van der Waals surface area contributed by atoms with Crippen molar-refractivity contribution < 1.29 is 4.74 Å². The van der Waals surface area contributed by atoms with Gasteiger partial charge >= 0.3 is 0 Å². The lowest BCUT2D eigenvalue weighted by molar-refractivity contribution is 0.351. The van der Waals surface area contributed by atoms with Crippen molar-refractivity contribution in [3.63, 3.8) is 0 Å². The Morgan fingerprint density at radius 2 is 2.16 bits per heavy atom. The van der Waals surface area contributed by atoms with Crippen molar-refractivity contribution in [3.05, 3.63) is 48.5 Å². The smallest absolute Gasteiger partial charge is 0.127 e. The van der Waals surface area contributed by atoms with Crippen LogP contribution in [0.3, 0.4) is 0 Å². The second kappa shape index (κ2) is 5.56. The predicted octanol–water partition coefficient (Wildman–Crippen LogP) is 4.52. The molecule has 2 nitrogen and oxygen atoms in total. The molecule has 0 fully saturated rings. The molecule has 19 heavy (non-hydrogen) atoms. The Hall–Kier alpha value is -0.360. The first kappa shape index (κ1) is 13.6. The first-order valence-corrected chi connectivity index (χ1v) is 8.47. The van der Waals surface area contributed by atoms with Crippen molar-refractivity contribution in [2.24, 2.45) is 0 Å². The summed E-state index contributed by atoms with van der Waals surface area (Å²) in [7, 11) is 1.98. The zero-order chi connectivity index (χ0) is 13.4. The van der Waals surface area contributed by atoms with Crippen LogP contribution in [0.4, 0.5) is 0 Å². The van der Waals surface area contributed by atoms with E-state index in [1.165, 1.54) is 16.7 Å².